The smallest absolute Gasteiger partial charge is 0.338 e. The fraction of sp³-hybridized carbons (Fsp3) is 0.500. The molecule has 0 saturated heterocycles. The molecule has 1 fully saturated rings. The summed E-state index contributed by atoms with van der Waals surface area (Å²) in [5, 5.41) is 3.65. The Morgan fingerprint density at radius 3 is 2.64 bits per heavy atom. The second-order valence-corrected chi connectivity index (χ2v) is 8.38. The zero-order valence-corrected chi connectivity index (χ0v) is 16.8. The molecular weight excluding hydrogens is 386 g/mol. The second kappa shape index (κ2) is 8.27. The largest absolute Gasteiger partial charge is 0.495 e. The Balaban J connectivity index is 1.82. The van der Waals surface area contributed by atoms with Gasteiger partial charge >= 0.3 is 5.97 Å². The van der Waals surface area contributed by atoms with E-state index in [9.17, 15) is 13.2 Å². The Morgan fingerprint density at radius 2 is 2.04 bits per heavy atom. The number of nitrogens with zero attached hydrogens (tertiary/aromatic N) is 2. The first-order valence-corrected chi connectivity index (χ1v) is 10.5. The first-order chi connectivity index (χ1) is 13.3. The highest BCUT2D eigenvalue weighted by Crippen LogP contribution is 2.28. The van der Waals surface area contributed by atoms with Gasteiger partial charge in [0.25, 0.3) is 5.89 Å². The molecule has 1 aromatic carbocycles. The number of carbonyl (C=O) groups excluding carboxylic acids is 1. The number of aromatic nitrogens is 2. The van der Waals surface area contributed by atoms with Crippen LogP contribution in [0.2, 0.25) is 0 Å². The van der Waals surface area contributed by atoms with Gasteiger partial charge in [0.05, 0.1) is 12.7 Å². The lowest BCUT2D eigenvalue weighted by Crippen LogP contribution is -2.33. The maximum atomic E-state index is 12.8. The minimum atomic E-state index is -3.84. The first kappa shape index (κ1) is 20.3. The number of carbonyl (C=O) groups is 1. The molecule has 3 rings (SSSR count). The molecule has 10 heteroatoms. The van der Waals surface area contributed by atoms with Gasteiger partial charge in [0, 0.05) is 6.04 Å². The monoisotopic (exact) mass is 409 g/mol. The van der Waals surface area contributed by atoms with Crippen molar-refractivity contribution in [3.05, 3.63) is 35.5 Å². The lowest BCUT2D eigenvalue weighted by molar-refractivity contribution is 0.0265. The molecule has 28 heavy (non-hydrogen) atoms. The van der Waals surface area contributed by atoms with Gasteiger partial charge in [-0.3, -0.25) is 0 Å². The van der Waals surface area contributed by atoms with Crippen molar-refractivity contribution in [3.8, 4) is 5.75 Å². The van der Waals surface area contributed by atoms with E-state index in [2.05, 4.69) is 14.9 Å². The van der Waals surface area contributed by atoms with Gasteiger partial charge in [-0.2, -0.15) is 4.98 Å². The van der Waals surface area contributed by atoms with Crippen LogP contribution < -0.4 is 9.46 Å². The second-order valence-electron chi connectivity index (χ2n) is 6.70. The van der Waals surface area contributed by atoms with E-state index in [1.807, 2.05) is 0 Å². The molecule has 1 atom stereocenters. The molecule has 1 N–H and O–H groups in total. The lowest BCUT2D eigenvalue weighted by atomic mass is 10.2. The van der Waals surface area contributed by atoms with Crippen molar-refractivity contribution >= 4 is 16.0 Å². The molecule has 1 saturated carbocycles. The van der Waals surface area contributed by atoms with Crippen LogP contribution in [0.4, 0.5) is 0 Å². The van der Waals surface area contributed by atoms with Crippen molar-refractivity contribution < 1.29 is 27.2 Å². The number of methoxy groups -OCH3 is 1. The number of hydrogen-bond acceptors (Lipinski definition) is 8. The van der Waals surface area contributed by atoms with Crippen LogP contribution in [-0.2, 0) is 14.8 Å². The van der Waals surface area contributed by atoms with Crippen molar-refractivity contribution in [2.45, 2.75) is 56.6 Å². The van der Waals surface area contributed by atoms with Crippen molar-refractivity contribution in [2.24, 2.45) is 0 Å². The van der Waals surface area contributed by atoms with Gasteiger partial charge in [0.15, 0.2) is 11.9 Å². The molecule has 0 amide bonds. The maximum Gasteiger partial charge on any atom is 0.338 e. The van der Waals surface area contributed by atoms with Crippen molar-refractivity contribution in [3.63, 3.8) is 0 Å². The Kier molecular flexibility index (Phi) is 5.99. The van der Waals surface area contributed by atoms with Crippen LogP contribution in [0.25, 0.3) is 0 Å². The number of ether oxygens (including phenoxy) is 2. The van der Waals surface area contributed by atoms with Gasteiger partial charge in [-0.15, -0.1) is 0 Å². The highest BCUT2D eigenvalue weighted by atomic mass is 32.2. The number of esters is 1. The summed E-state index contributed by atoms with van der Waals surface area (Å²) in [5.41, 5.74) is 0.0793. The number of sulfonamides is 1. The molecular formula is C18H23N3O6S. The van der Waals surface area contributed by atoms with E-state index in [0.717, 1.165) is 25.7 Å². The molecule has 152 valence electrons. The number of rotatable bonds is 7. The van der Waals surface area contributed by atoms with E-state index >= 15 is 0 Å². The van der Waals surface area contributed by atoms with Crippen molar-refractivity contribution in [1.29, 1.82) is 0 Å². The standard InChI is InChI=1S/C18H23N3O6S/c1-11(17-19-12(2)20-27-17)26-18(22)13-8-9-15(25-3)16(10-13)28(23,24)21-14-6-4-5-7-14/h8-11,14,21H,4-7H2,1-3H3. The van der Waals surface area contributed by atoms with Gasteiger partial charge < -0.3 is 14.0 Å². The fourth-order valence-corrected chi connectivity index (χ4v) is 4.60. The highest BCUT2D eigenvalue weighted by molar-refractivity contribution is 7.89. The topological polar surface area (TPSA) is 121 Å². The minimum Gasteiger partial charge on any atom is -0.495 e. The summed E-state index contributed by atoms with van der Waals surface area (Å²) in [5.74, 6) is 0.0368. The van der Waals surface area contributed by atoms with Gasteiger partial charge in [-0.25, -0.2) is 17.9 Å². The Morgan fingerprint density at radius 1 is 1.32 bits per heavy atom. The molecule has 1 aliphatic rings. The quantitative estimate of drug-likeness (QED) is 0.693. The number of aryl methyl sites for hydroxylation is 1. The average molecular weight is 409 g/mol. The molecule has 1 aliphatic carbocycles. The number of benzene rings is 1. The maximum absolute atomic E-state index is 12.8. The minimum absolute atomic E-state index is 0.0793. The van der Waals surface area contributed by atoms with E-state index in [4.69, 9.17) is 14.0 Å². The van der Waals surface area contributed by atoms with Crippen LogP contribution in [0.1, 0.15) is 60.8 Å². The summed E-state index contributed by atoms with van der Waals surface area (Å²) < 4.78 is 43.8. The molecule has 9 nitrogen and oxygen atoms in total. The van der Waals surface area contributed by atoms with Crippen LogP contribution in [0.15, 0.2) is 27.6 Å². The molecule has 1 heterocycles. The highest BCUT2D eigenvalue weighted by Gasteiger charge is 2.27. The van der Waals surface area contributed by atoms with Gasteiger partial charge in [0.2, 0.25) is 10.0 Å². The number of nitrogens with one attached hydrogen (secondary N) is 1. The summed E-state index contributed by atoms with van der Waals surface area (Å²) in [6.07, 6.45) is 2.80. The third-order valence-electron chi connectivity index (χ3n) is 4.54. The summed E-state index contributed by atoms with van der Waals surface area (Å²) in [4.78, 5) is 16.4. The van der Waals surface area contributed by atoms with Gasteiger partial charge in [-0.05, 0) is 44.9 Å². The molecule has 2 aromatic rings. The molecule has 0 bridgehead atoms. The predicted octanol–water partition coefficient (Wildman–Crippen LogP) is 2.53. The Bertz CT molecular complexity index is 950. The zero-order valence-electron chi connectivity index (χ0n) is 16.0. The van der Waals surface area contributed by atoms with Crippen LogP contribution in [0.5, 0.6) is 5.75 Å². The Hall–Kier alpha value is -2.46. The van der Waals surface area contributed by atoms with E-state index < -0.39 is 22.1 Å². The summed E-state index contributed by atoms with van der Waals surface area (Å²) in [7, 11) is -2.47. The Labute approximate surface area is 163 Å². The van der Waals surface area contributed by atoms with E-state index in [1.54, 1.807) is 13.8 Å². The van der Waals surface area contributed by atoms with Crippen LogP contribution >= 0.6 is 0 Å². The summed E-state index contributed by atoms with van der Waals surface area (Å²) in [6.45, 7) is 3.24. The van der Waals surface area contributed by atoms with Gasteiger partial charge in [-0.1, -0.05) is 18.0 Å². The zero-order chi connectivity index (χ0) is 20.3. The number of hydrogen-bond donors (Lipinski definition) is 1. The summed E-state index contributed by atoms with van der Waals surface area (Å²) in [6, 6.07) is 4.03. The van der Waals surface area contributed by atoms with Crippen LogP contribution in [0.3, 0.4) is 0 Å². The third kappa shape index (κ3) is 4.50. The van der Waals surface area contributed by atoms with E-state index in [1.165, 1.54) is 25.3 Å². The summed E-state index contributed by atoms with van der Waals surface area (Å²) >= 11 is 0. The SMILES string of the molecule is COc1ccc(C(=O)OC(C)c2nc(C)no2)cc1S(=O)(=O)NC1CCCC1. The normalized spacial score (nSPS) is 16.1. The first-order valence-electron chi connectivity index (χ1n) is 9.01. The van der Waals surface area contributed by atoms with Crippen LogP contribution in [-0.4, -0.2) is 37.7 Å². The predicted molar refractivity (Wildman–Crippen MR) is 98.4 cm³/mol. The van der Waals surface area contributed by atoms with Crippen LogP contribution in [0, 0.1) is 6.92 Å². The van der Waals surface area contributed by atoms with Crippen molar-refractivity contribution in [1.82, 2.24) is 14.9 Å². The molecule has 0 aliphatic heterocycles. The van der Waals surface area contributed by atoms with E-state index in [-0.39, 0.29) is 28.1 Å². The molecule has 0 radical (unpaired) electrons. The average Bonchev–Trinajstić information content (AvgIpc) is 3.32. The molecule has 0 spiro atoms. The van der Waals surface area contributed by atoms with E-state index in [0.29, 0.717) is 5.82 Å². The fourth-order valence-electron chi connectivity index (χ4n) is 3.10. The van der Waals surface area contributed by atoms with Gasteiger partial charge in [0.1, 0.15) is 10.6 Å². The van der Waals surface area contributed by atoms with Crippen molar-refractivity contribution in [2.75, 3.05) is 7.11 Å². The lowest BCUT2D eigenvalue weighted by Gasteiger charge is -2.16. The molecule has 1 aromatic heterocycles. The molecule has 1 unspecified atom stereocenters. The third-order valence-corrected chi connectivity index (χ3v) is 6.08.